The molecule has 0 aliphatic carbocycles. The molecule has 2 aromatic carbocycles. The fourth-order valence-electron chi connectivity index (χ4n) is 2.49. The van der Waals surface area contributed by atoms with Gasteiger partial charge in [-0.3, -0.25) is 15.0 Å². The summed E-state index contributed by atoms with van der Waals surface area (Å²) in [6.07, 6.45) is 1.48. The van der Waals surface area contributed by atoms with Crippen LogP contribution in [0.5, 0.6) is 5.75 Å². The minimum Gasteiger partial charge on any atom is -0.488 e. The van der Waals surface area contributed by atoms with Gasteiger partial charge in [-0.1, -0.05) is 29.8 Å². The van der Waals surface area contributed by atoms with E-state index < -0.39 is 11.8 Å². The first kappa shape index (κ1) is 18.5. The van der Waals surface area contributed by atoms with E-state index in [0.29, 0.717) is 26.5 Å². The van der Waals surface area contributed by atoms with Gasteiger partial charge in [0, 0.05) is 0 Å². The number of rotatable bonds is 4. The van der Waals surface area contributed by atoms with E-state index in [1.807, 2.05) is 19.9 Å². The summed E-state index contributed by atoms with van der Waals surface area (Å²) >= 11 is 9.70. The average Bonchev–Trinajstić information content (AvgIpc) is 2.87. The molecule has 0 bridgehead atoms. The Morgan fingerprint density at radius 3 is 2.50 bits per heavy atom. The molecule has 0 saturated carbocycles. The zero-order valence-electron chi connectivity index (χ0n) is 14.1. The first-order chi connectivity index (χ1) is 12.4. The number of ether oxygens (including phenoxy) is 1. The second kappa shape index (κ2) is 7.51. The number of benzene rings is 2. The number of carbonyl (C=O) groups is 2. The van der Waals surface area contributed by atoms with Gasteiger partial charge in [0.1, 0.15) is 5.57 Å². The van der Waals surface area contributed by atoms with E-state index in [2.05, 4.69) is 21.4 Å². The van der Waals surface area contributed by atoms with E-state index in [9.17, 15) is 9.59 Å². The van der Waals surface area contributed by atoms with Crippen LogP contribution < -0.4 is 15.2 Å². The molecule has 0 aromatic heterocycles. The van der Waals surface area contributed by atoms with Crippen molar-refractivity contribution in [3.8, 4) is 5.75 Å². The Labute approximate surface area is 164 Å². The molecule has 1 aliphatic heterocycles. The third-order valence-electron chi connectivity index (χ3n) is 3.59. The molecule has 3 rings (SSSR count). The minimum absolute atomic E-state index is 0.0328. The van der Waals surface area contributed by atoms with Gasteiger partial charge < -0.3 is 4.74 Å². The lowest BCUT2D eigenvalue weighted by Crippen LogP contribution is -2.35. The van der Waals surface area contributed by atoms with Crippen LogP contribution in [0.2, 0.25) is 5.02 Å². The maximum absolute atomic E-state index is 12.6. The molecule has 7 heteroatoms. The monoisotopic (exact) mass is 434 g/mol. The molecule has 1 N–H and O–H groups in total. The first-order valence-corrected chi connectivity index (χ1v) is 9.12. The summed E-state index contributed by atoms with van der Waals surface area (Å²) in [5, 5.41) is 1.62. The quantitative estimate of drug-likeness (QED) is 0.574. The standard InChI is InChI=1S/C19H16BrClN2O3/c1-11(2)26-17-15(20)9-12(10-16(17)21)8-14-18(24)22-23(19(14)25)13-6-4-3-5-7-13/h3-11H,1-2H3,(H,22,24)/b14-8-. The van der Waals surface area contributed by atoms with Gasteiger partial charge in [0.25, 0.3) is 11.8 Å². The Bertz CT molecular complexity index is 874. The fourth-order valence-corrected chi connectivity index (χ4v) is 3.45. The summed E-state index contributed by atoms with van der Waals surface area (Å²) in [5.41, 5.74) is 3.81. The molecule has 0 unspecified atom stereocenters. The zero-order valence-corrected chi connectivity index (χ0v) is 16.5. The number of hydrogen-bond acceptors (Lipinski definition) is 3. The molecule has 5 nitrogen and oxygen atoms in total. The Morgan fingerprint density at radius 2 is 1.88 bits per heavy atom. The van der Waals surface area contributed by atoms with Gasteiger partial charge in [-0.05, 0) is 65.7 Å². The molecule has 1 fully saturated rings. The molecule has 1 aliphatic rings. The van der Waals surface area contributed by atoms with Crippen LogP contribution in [0, 0.1) is 0 Å². The van der Waals surface area contributed by atoms with Gasteiger partial charge in [-0.2, -0.15) is 0 Å². The van der Waals surface area contributed by atoms with Crippen LogP contribution in [0.1, 0.15) is 19.4 Å². The van der Waals surface area contributed by atoms with Crippen molar-refractivity contribution in [3.05, 3.63) is 63.1 Å². The average molecular weight is 436 g/mol. The number of carbonyl (C=O) groups excluding carboxylic acids is 2. The van der Waals surface area contributed by atoms with Gasteiger partial charge in [-0.15, -0.1) is 0 Å². The highest BCUT2D eigenvalue weighted by Gasteiger charge is 2.34. The van der Waals surface area contributed by atoms with Gasteiger partial charge in [0.05, 0.1) is 21.3 Å². The highest BCUT2D eigenvalue weighted by atomic mass is 79.9. The van der Waals surface area contributed by atoms with Crippen LogP contribution in [-0.2, 0) is 9.59 Å². The highest BCUT2D eigenvalue weighted by molar-refractivity contribution is 9.10. The molecule has 2 aromatic rings. The van der Waals surface area contributed by atoms with Crippen molar-refractivity contribution in [2.24, 2.45) is 0 Å². The van der Waals surface area contributed by atoms with Crippen molar-refractivity contribution < 1.29 is 14.3 Å². The van der Waals surface area contributed by atoms with Crippen molar-refractivity contribution in [1.29, 1.82) is 0 Å². The molecule has 26 heavy (non-hydrogen) atoms. The summed E-state index contributed by atoms with van der Waals surface area (Å²) < 4.78 is 6.31. The Balaban J connectivity index is 1.93. The van der Waals surface area contributed by atoms with Gasteiger partial charge in [0.15, 0.2) is 5.75 Å². The third-order valence-corrected chi connectivity index (χ3v) is 4.46. The predicted octanol–water partition coefficient (Wildman–Crippen LogP) is 4.35. The smallest absolute Gasteiger partial charge is 0.282 e. The summed E-state index contributed by atoms with van der Waals surface area (Å²) in [4.78, 5) is 24.9. The number of nitrogens with zero attached hydrogens (tertiary/aromatic N) is 1. The lowest BCUT2D eigenvalue weighted by Gasteiger charge is -2.14. The number of nitrogens with one attached hydrogen (secondary N) is 1. The lowest BCUT2D eigenvalue weighted by molar-refractivity contribution is -0.117. The van der Waals surface area contributed by atoms with Gasteiger partial charge in [-0.25, -0.2) is 5.01 Å². The lowest BCUT2D eigenvalue weighted by atomic mass is 10.1. The summed E-state index contributed by atoms with van der Waals surface area (Å²) in [6, 6.07) is 12.3. The molecule has 1 saturated heterocycles. The van der Waals surface area contributed by atoms with Crippen molar-refractivity contribution in [2.75, 3.05) is 5.01 Å². The molecule has 0 spiro atoms. The Hall–Kier alpha value is -2.31. The summed E-state index contributed by atoms with van der Waals surface area (Å²) in [6.45, 7) is 3.80. The van der Waals surface area contributed by atoms with Crippen LogP contribution in [0.3, 0.4) is 0 Å². The highest BCUT2D eigenvalue weighted by Crippen LogP contribution is 2.36. The van der Waals surface area contributed by atoms with E-state index in [1.165, 1.54) is 11.1 Å². The topological polar surface area (TPSA) is 58.6 Å². The Morgan fingerprint density at radius 1 is 1.19 bits per heavy atom. The van der Waals surface area contributed by atoms with E-state index in [-0.39, 0.29) is 11.7 Å². The summed E-state index contributed by atoms with van der Waals surface area (Å²) in [5.74, 6) is -0.360. The first-order valence-electron chi connectivity index (χ1n) is 7.94. The minimum atomic E-state index is -0.464. The van der Waals surface area contributed by atoms with Crippen molar-refractivity contribution in [2.45, 2.75) is 20.0 Å². The largest absolute Gasteiger partial charge is 0.488 e. The normalized spacial score (nSPS) is 15.7. The zero-order chi connectivity index (χ0) is 18.8. The third kappa shape index (κ3) is 3.76. The number of para-hydroxylation sites is 1. The van der Waals surface area contributed by atoms with Crippen LogP contribution in [0.4, 0.5) is 5.69 Å². The summed E-state index contributed by atoms with van der Waals surface area (Å²) in [7, 11) is 0. The number of hydrazine groups is 1. The fraction of sp³-hybridized carbons (Fsp3) is 0.158. The molecule has 0 atom stereocenters. The van der Waals surface area contributed by atoms with E-state index in [0.717, 1.165) is 0 Å². The van der Waals surface area contributed by atoms with Crippen LogP contribution in [-0.4, -0.2) is 17.9 Å². The van der Waals surface area contributed by atoms with Crippen LogP contribution >= 0.6 is 27.5 Å². The maximum Gasteiger partial charge on any atom is 0.282 e. The molecule has 134 valence electrons. The number of halogens is 2. The van der Waals surface area contributed by atoms with Crippen LogP contribution in [0.15, 0.2) is 52.5 Å². The molecule has 1 heterocycles. The number of hydrogen-bond donors (Lipinski definition) is 1. The van der Waals surface area contributed by atoms with E-state index >= 15 is 0 Å². The number of amides is 2. The maximum atomic E-state index is 12.6. The van der Waals surface area contributed by atoms with Gasteiger partial charge in [0.2, 0.25) is 0 Å². The molecule has 2 amide bonds. The Kier molecular flexibility index (Phi) is 5.34. The van der Waals surface area contributed by atoms with E-state index in [1.54, 1.807) is 36.4 Å². The number of anilines is 1. The van der Waals surface area contributed by atoms with Crippen molar-refractivity contribution >= 4 is 51.1 Å². The second-order valence-electron chi connectivity index (χ2n) is 5.96. The SMILES string of the molecule is CC(C)Oc1c(Cl)cc(/C=C2/C(=O)NN(c3ccccc3)C2=O)cc1Br. The van der Waals surface area contributed by atoms with Crippen LogP contribution in [0.25, 0.3) is 6.08 Å². The van der Waals surface area contributed by atoms with E-state index in [4.69, 9.17) is 16.3 Å². The molecule has 0 radical (unpaired) electrons. The van der Waals surface area contributed by atoms with Crippen molar-refractivity contribution in [3.63, 3.8) is 0 Å². The second-order valence-corrected chi connectivity index (χ2v) is 7.22. The predicted molar refractivity (Wildman–Crippen MR) is 105 cm³/mol. The van der Waals surface area contributed by atoms with Gasteiger partial charge >= 0.3 is 0 Å². The molecular weight excluding hydrogens is 420 g/mol. The van der Waals surface area contributed by atoms with Crippen molar-refractivity contribution in [1.82, 2.24) is 5.43 Å². The molecular formula is C19H16BrClN2O3.